The highest BCUT2D eigenvalue weighted by Gasteiger charge is 2.35. The normalized spacial score (nSPS) is 11.6. The summed E-state index contributed by atoms with van der Waals surface area (Å²) in [7, 11) is 0. The molecule has 0 saturated carbocycles. The molecular formula is C19H15BrF3NO4. The number of carbonyl (C=O) groups excluding carboxylic acids is 1. The summed E-state index contributed by atoms with van der Waals surface area (Å²) in [6.07, 6.45) is -3.51. The fraction of sp³-hybridized carbons (Fsp3) is 0.263. The van der Waals surface area contributed by atoms with E-state index >= 15 is 0 Å². The van der Waals surface area contributed by atoms with Crippen LogP contribution in [0.4, 0.5) is 13.2 Å². The number of hydrogen-bond donors (Lipinski definition) is 0. The summed E-state index contributed by atoms with van der Waals surface area (Å²) in [5.41, 5.74) is -0.432. The second kappa shape index (κ2) is 7.83. The van der Waals surface area contributed by atoms with E-state index < -0.39 is 17.8 Å². The molecule has 0 aliphatic carbocycles. The Labute approximate surface area is 166 Å². The van der Waals surface area contributed by atoms with Crippen LogP contribution in [-0.2, 0) is 17.5 Å². The Kier molecular flexibility index (Phi) is 5.64. The number of aromatic nitrogens is 1. The number of nitrogens with zero attached hydrogens (tertiary/aromatic N) is 1. The first-order valence-corrected chi connectivity index (χ1v) is 9.06. The molecule has 148 valence electrons. The molecule has 5 nitrogen and oxygen atoms in total. The maximum absolute atomic E-state index is 13.1. The first-order chi connectivity index (χ1) is 13.2. The number of benzene rings is 1. The quantitative estimate of drug-likeness (QED) is 0.461. The number of fused-ring (bicyclic) bond motifs is 1. The molecule has 0 amide bonds. The minimum atomic E-state index is -4.58. The zero-order valence-corrected chi connectivity index (χ0v) is 16.5. The Morgan fingerprint density at radius 3 is 2.71 bits per heavy atom. The van der Waals surface area contributed by atoms with E-state index in [1.54, 1.807) is 26.0 Å². The Morgan fingerprint density at radius 2 is 2.04 bits per heavy atom. The minimum Gasteiger partial charge on any atom is -0.488 e. The van der Waals surface area contributed by atoms with Crippen LogP contribution in [0.25, 0.3) is 11.0 Å². The van der Waals surface area contributed by atoms with Gasteiger partial charge in [0.05, 0.1) is 16.5 Å². The van der Waals surface area contributed by atoms with Crippen molar-refractivity contribution in [3.05, 3.63) is 57.5 Å². The van der Waals surface area contributed by atoms with Crippen molar-refractivity contribution < 1.29 is 31.9 Å². The summed E-state index contributed by atoms with van der Waals surface area (Å²) >= 11 is 3.37. The van der Waals surface area contributed by atoms with E-state index in [4.69, 9.17) is 13.9 Å². The highest BCUT2D eigenvalue weighted by atomic mass is 79.9. The van der Waals surface area contributed by atoms with E-state index in [1.807, 2.05) is 0 Å². The predicted octanol–water partition coefficient (Wildman–Crippen LogP) is 5.67. The molecule has 0 N–H and O–H groups in total. The maximum atomic E-state index is 13.1. The van der Waals surface area contributed by atoms with E-state index in [-0.39, 0.29) is 30.1 Å². The molecule has 0 atom stereocenters. The molecule has 2 aromatic heterocycles. The Morgan fingerprint density at radius 1 is 1.29 bits per heavy atom. The smallest absolute Gasteiger partial charge is 0.433 e. The molecule has 0 spiro atoms. The molecule has 3 rings (SSSR count). The first kappa shape index (κ1) is 20.2. The van der Waals surface area contributed by atoms with Gasteiger partial charge in [-0.3, -0.25) is 4.98 Å². The monoisotopic (exact) mass is 457 g/mol. The maximum Gasteiger partial charge on any atom is 0.433 e. The molecule has 0 saturated heterocycles. The van der Waals surface area contributed by atoms with Gasteiger partial charge >= 0.3 is 12.1 Å². The summed E-state index contributed by atoms with van der Waals surface area (Å²) in [6, 6.07) is 5.84. The molecule has 2 heterocycles. The molecule has 28 heavy (non-hydrogen) atoms. The van der Waals surface area contributed by atoms with Crippen LogP contribution in [-0.4, -0.2) is 17.6 Å². The summed E-state index contributed by atoms with van der Waals surface area (Å²) in [5, 5.41) is 0.440. The van der Waals surface area contributed by atoms with E-state index in [1.165, 1.54) is 12.1 Å². The molecule has 0 aliphatic rings. The van der Waals surface area contributed by atoms with Gasteiger partial charge in [0, 0.05) is 11.8 Å². The fourth-order valence-corrected chi connectivity index (χ4v) is 3.42. The number of pyridine rings is 1. The number of carbonyl (C=O) groups is 1. The van der Waals surface area contributed by atoms with Gasteiger partial charge in [0.1, 0.15) is 29.3 Å². The van der Waals surface area contributed by atoms with Gasteiger partial charge in [0.15, 0.2) is 5.69 Å². The van der Waals surface area contributed by atoms with Gasteiger partial charge in [-0.15, -0.1) is 0 Å². The van der Waals surface area contributed by atoms with Gasteiger partial charge in [-0.05, 0) is 48.0 Å². The van der Waals surface area contributed by atoms with Gasteiger partial charge in [-0.1, -0.05) is 6.07 Å². The van der Waals surface area contributed by atoms with E-state index in [0.717, 1.165) is 6.20 Å². The van der Waals surface area contributed by atoms with Crippen molar-refractivity contribution >= 4 is 32.9 Å². The largest absolute Gasteiger partial charge is 0.488 e. The number of aryl methyl sites for hydroxylation is 1. The van der Waals surface area contributed by atoms with Gasteiger partial charge < -0.3 is 13.9 Å². The van der Waals surface area contributed by atoms with Crippen LogP contribution in [0.5, 0.6) is 5.75 Å². The van der Waals surface area contributed by atoms with Crippen LogP contribution in [0.1, 0.15) is 34.3 Å². The zero-order valence-electron chi connectivity index (χ0n) is 14.9. The van der Waals surface area contributed by atoms with E-state index in [0.29, 0.717) is 21.2 Å². The van der Waals surface area contributed by atoms with Crippen molar-refractivity contribution in [1.29, 1.82) is 0 Å². The number of hydrogen-bond acceptors (Lipinski definition) is 5. The molecule has 0 unspecified atom stereocenters. The van der Waals surface area contributed by atoms with Crippen molar-refractivity contribution in [2.75, 3.05) is 6.61 Å². The van der Waals surface area contributed by atoms with Crippen molar-refractivity contribution in [3.63, 3.8) is 0 Å². The van der Waals surface area contributed by atoms with Gasteiger partial charge in [-0.25, -0.2) is 4.79 Å². The lowest BCUT2D eigenvalue weighted by molar-refractivity contribution is -0.142. The molecule has 0 bridgehead atoms. The Balaban J connectivity index is 1.97. The first-order valence-electron chi connectivity index (χ1n) is 8.26. The third-order valence-electron chi connectivity index (χ3n) is 3.96. The standard InChI is InChI=1S/C19H15BrF3NO4/c1-3-26-18(25)14-10(2)28-12-6-7-13(16(20)15(12)14)27-9-11-5-4-8-24-17(11)19(21,22)23/h4-8H,3,9H2,1-2H3. The highest BCUT2D eigenvalue weighted by Crippen LogP contribution is 2.39. The zero-order chi connectivity index (χ0) is 20.5. The van der Waals surface area contributed by atoms with Crippen molar-refractivity contribution in [1.82, 2.24) is 4.98 Å². The Hall–Kier alpha value is -2.55. The molecule has 9 heteroatoms. The molecular weight excluding hydrogens is 443 g/mol. The van der Waals surface area contributed by atoms with Crippen LogP contribution >= 0.6 is 15.9 Å². The third-order valence-corrected chi connectivity index (χ3v) is 4.74. The lowest BCUT2D eigenvalue weighted by atomic mass is 10.1. The number of halogens is 4. The fourth-order valence-electron chi connectivity index (χ4n) is 2.78. The molecule has 0 aliphatic heterocycles. The number of rotatable bonds is 5. The average Bonchev–Trinajstić information content (AvgIpc) is 2.98. The second-order valence-electron chi connectivity index (χ2n) is 5.80. The molecule has 0 radical (unpaired) electrons. The van der Waals surface area contributed by atoms with Crippen molar-refractivity contribution in [3.8, 4) is 5.75 Å². The van der Waals surface area contributed by atoms with Gasteiger partial charge in [0.2, 0.25) is 0 Å². The predicted molar refractivity (Wildman–Crippen MR) is 98.2 cm³/mol. The molecule has 3 aromatic rings. The second-order valence-corrected chi connectivity index (χ2v) is 6.60. The van der Waals surface area contributed by atoms with E-state index in [9.17, 15) is 18.0 Å². The van der Waals surface area contributed by atoms with Crippen molar-refractivity contribution in [2.24, 2.45) is 0 Å². The number of alkyl halides is 3. The van der Waals surface area contributed by atoms with Crippen molar-refractivity contribution in [2.45, 2.75) is 26.6 Å². The number of esters is 1. The number of furan rings is 1. The summed E-state index contributed by atoms with van der Waals surface area (Å²) < 4.78 is 55.9. The summed E-state index contributed by atoms with van der Waals surface area (Å²) in [6.45, 7) is 3.16. The van der Waals surface area contributed by atoms with Crippen LogP contribution < -0.4 is 4.74 Å². The average molecular weight is 458 g/mol. The lowest BCUT2D eigenvalue weighted by Crippen LogP contribution is -2.13. The molecule has 1 aromatic carbocycles. The van der Waals surface area contributed by atoms with Crippen LogP contribution in [0.15, 0.2) is 39.4 Å². The van der Waals surface area contributed by atoms with Crippen LogP contribution in [0, 0.1) is 6.92 Å². The number of ether oxygens (including phenoxy) is 2. The topological polar surface area (TPSA) is 61.6 Å². The van der Waals surface area contributed by atoms with Crippen LogP contribution in [0.3, 0.4) is 0 Å². The van der Waals surface area contributed by atoms with Gasteiger partial charge in [-0.2, -0.15) is 13.2 Å². The Bertz CT molecular complexity index is 1030. The van der Waals surface area contributed by atoms with Crippen LogP contribution in [0.2, 0.25) is 0 Å². The SMILES string of the molecule is CCOC(=O)c1c(C)oc2ccc(OCc3cccnc3C(F)(F)F)c(Br)c12. The molecule has 0 fully saturated rings. The highest BCUT2D eigenvalue weighted by molar-refractivity contribution is 9.10. The summed E-state index contributed by atoms with van der Waals surface area (Å²) in [4.78, 5) is 15.7. The van der Waals surface area contributed by atoms with E-state index in [2.05, 4.69) is 20.9 Å². The minimum absolute atomic E-state index is 0.101. The van der Waals surface area contributed by atoms with Gasteiger partial charge in [0.25, 0.3) is 0 Å². The lowest BCUT2D eigenvalue weighted by Gasteiger charge is -2.13. The summed E-state index contributed by atoms with van der Waals surface area (Å²) in [5.74, 6) is 0.0805. The third kappa shape index (κ3) is 3.84.